The van der Waals surface area contributed by atoms with Crippen molar-refractivity contribution in [2.75, 3.05) is 16.4 Å². The highest BCUT2D eigenvalue weighted by Gasteiger charge is 2.09. The molecular formula is C21H19ClN2O2S. The summed E-state index contributed by atoms with van der Waals surface area (Å²) in [7, 11) is 0. The molecule has 0 spiro atoms. The first-order valence-corrected chi connectivity index (χ1v) is 9.78. The Kier molecular flexibility index (Phi) is 6.04. The number of carbonyl (C=O) groups is 2. The van der Waals surface area contributed by atoms with E-state index < -0.39 is 0 Å². The number of nitrogens with one attached hydrogen (secondary N) is 2. The number of amides is 2. The van der Waals surface area contributed by atoms with Gasteiger partial charge in [0.1, 0.15) is 0 Å². The predicted molar refractivity (Wildman–Crippen MR) is 114 cm³/mol. The maximum Gasteiger partial charge on any atom is 0.234 e. The van der Waals surface area contributed by atoms with Gasteiger partial charge in [-0.1, -0.05) is 35.9 Å². The molecule has 138 valence electrons. The summed E-state index contributed by atoms with van der Waals surface area (Å²) in [5.74, 6) is 0.0485. The topological polar surface area (TPSA) is 58.2 Å². The molecule has 27 heavy (non-hydrogen) atoms. The lowest BCUT2D eigenvalue weighted by Crippen LogP contribution is -2.14. The van der Waals surface area contributed by atoms with Crippen molar-refractivity contribution in [2.24, 2.45) is 0 Å². The Morgan fingerprint density at radius 1 is 1.04 bits per heavy atom. The molecule has 0 aliphatic carbocycles. The molecule has 0 atom stereocenters. The second-order valence-corrected chi connectivity index (χ2v) is 7.57. The summed E-state index contributed by atoms with van der Waals surface area (Å²) in [5, 5.41) is 8.35. The normalized spacial score (nSPS) is 10.6. The lowest BCUT2D eigenvalue weighted by atomic mass is 10.1. The smallest absolute Gasteiger partial charge is 0.234 e. The zero-order valence-electron chi connectivity index (χ0n) is 15.0. The first-order valence-electron chi connectivity index (χ1n) is 8.42. The van der Waals surface area contributed by atoms with Crippen LogP contribution in [0.5, 0.6) is 0 Å². The fraction of sp³-hybridized carbons (Fsp3) is 0.143. The van der Waals surface area contributed by atoms with E-state index in [1.54, 1.807) is 12.1 Å². The van der Waals surface area contributed by atoms with E-state index in [1.165, 1.54) is 18.7 Å². The summed E-state index contributed by atoms with van der Waals surface area (Å²) in [6.45, 7) is 3.35. The molecule has 0 aromatic heterocycles. The molecule has 0 unspecified atom stereocenters. The van der Waals surface area contributed by atoms with Crippen molar-refractivity contribution in [3.8, 4) is 0 Å². The number of rotatable bonds is 5. The van der Waals surface area contributed by atoms with Gasteiger partial charge in [-0.15, -0.1) is 11.8 Å². The van der Waals surface area contributed by atoms with Crippen LogP contribution in [0.2, 0.25) is 5.02 Å². The number of benzene rings is 3. The number of thioether (sulfide) groups is 1. The molecule has 2 amide bonds. The number of halogens is 1. The molecule has 3 aromatic rings. The van der Waals surface area contributed by atoms with Gasteiger partial charge >= 0.3 is 0 Å². The number of fused-ring (bicyclic) bond motifs is 1. The summed E-state index contributed by atoms with van der Waals surface area (Å²) < 4.78 is 0. The second-order valence-electron chi connectivity index (χ2n) is 6.14. The van der Waals surface area contributed by atoms with Crippen LogP contribution in [0, 0.1) is 6.92 Å². The van der Waals surface area contributed by atoms with Crippen LogP contribution in [0.15, 0.2) is 59.5 Å². The predicted octanol–water partition coefficient (Wildman–Crippen LogP) is 5.49. The van der Waals surface area contributed by atoms with Crippen LogP contribution in [-0.2, 0) is 9.59 Å². The van der Waals surface area contributed by atoms with Crippen molar-refractivity contribution >= 4 is 57.3 Å². The maximum absolute atomic E-state index is 12.3. The first kappa shape index (κ1) is 19.3. The Morgan fingerprint density at radius 2 is 1.78 bits per heavy atom. The maximum atomic E-state index is 12.3. The van der Waals surface area contributed by atoms with Gasteiger partial charge < -0.3 is 10.6 Å². The summed E-state index contributed by atoms with van der Waals surface area (Å²) in [6.07, 6.45) is 0. The fourth-order valence-electron chi connectivity index (χ4n) is 2.79. The molecule has 3 rings (SSSR count). The van der Waals surface area contributed by atoms with E-state index in [0.717, 1.165) is 26.9 Å². The quantitative estimate of drug-likeness (QED) is 0.558. The lowest BCUT2D eigenvalue weighted by Gasteiger charge is -2.11. The monoisotopic (exact) mass is 398 g/mol. The highest BCUT2D eigenvalue weighted by molar-refractivity contribution is 8.00. The standard InChI is InChI=1S/C21H19ClN2O2S/c1-13-11-16(9-10-18(13)23-14(2)25)24-20(26)12-27-19-8-4-6-15-5-3-7-17(22)21(15)19/h3-11H,12H2,1-2H3,(H,23,25)(H,24,26). The summed E-state index contributed by atoms with van der Waals surface area (Å²) in [5.41, 5.74) is 2.32. The van der Waals surface area contributed by atoms with E-state index in [0.29, 0.717) is 10.7 Å². The minimum absolute atomic E-state index is 0.101. The van der Waals surface area contributed by atoms with Crippen LogP contribution in [0.4, 0.5) is 11.4 Å². The van der Waals surface area contributed by atoms with Crippen LogP contribution in [0.3, 0.4) is 0 Å². The van der Waals surface area contributed by atoms with Gasteiger partial charge in [0.2, 0.25) is 11.8 Å². The zero-order valence-corrected chi connectivity index (χ0v) is 16.6. The molecule has 0 aliphatic heterocycles. The van der Waals surface area contributed by atoms with Gasteiger partial charge in [-0.05, 0) is 48.2 Å². The molecular weight excluding hydrogens is 380 g/mol. The molecule has 0 aliphatic rings. The highest BCUT2D eigenvalue weighted by atomic mass is 35.5. The van der Waals surface area contributed by atoms with E-state index >= 15 is 0 Å². The molecule has 0 radical (unpaired) electrons. The minimum Gasteiger partial charge on any atom is -0.326 e. The molecule has 3 aromatic carbocycles. The van der Waals surface area contributed by atoms with E-state index in [9.17, 15) is 9.59 Å². The number of carbonyl (C=O) groups excluding carboxylic acids is 2. The van der Waals surface area contributed by atoms with Gasteiger partial charge in [0.05, 0.1) is 5.75 Å². The Bertz CT molecular complexity index is 1010. The van der Waals surface area contributed by atoms with Crippen LogP contribution in [0.25, 0.3) is 10.8 Å². The third kappa shape index (κ3) is 4.81. The van der Waals surface area contributed by atoms with E-state index in [-0.39, 0.29) is 17.6 Å². The van der Waals surface area contributed by atoms with Crippen molar-refractivity contribution < 1.29 is 9.59 Å². The Labute approximate surface area is 167 Å². The average Bonchev–Trinajstić information content (AvgIpc) is 2.62. The van der Waals surface area contributed by atoms with Crippen LogP contribution in [0.1, 0.15) is 12.5 Å². The number of hydrogen-bond donors (Lipinski definition) is 2. The molecule has 0 saturated heterocycles. The second kappa shape index (κ2) is 8.46. The lowest BCUT2D eigenvalue weighted by molar-refractivity contribution is -0.114. The first-order chi connectivity index (χ1) is 12.9. The summed E-state index contributed by atoms with van der Waals surface area (Å²) in [6, 6.07) is 17.1. The van der Waals surface area contributed by atoms with Crippen molar-refractivity contribution in [1.29, 1.82) is 0 Å². The van der Waals surface area contributed by atoms with Gasteiger partial charge in [0.15, 0.2) is 0 Å². The number of anilines is 2. The van der Waals surface area contributed by atoms with E-state index in [4.69, 9.17) is 11.6 Å². The molecule has 0 bridgehead atoms. The van der Waals surface area contributed by atoms with Gasteiger partial charge in [0.25, 0.3) is 0 Å². The van der Waals surface area contributed by atoms with Crippen LogP contribution < -0.4 is 10.6 Å². The highest BCUT2D eigenvalue weighted by Crippen LogP contribution is 2.33. The molecule has 0 saturated carbocycles. The SMILES string of the molecule is CC(=O)Nc1ccc(NC(=O)CSc2cccc3cccc(Cl)c23)cc1C. The molecule has 0 fully saturated rings. The summed E-state index contributed by atoms with van der Waals surface area (Å²) in [4.78, 5) is 24.5. The summed E-state index contributed by atoms with van der Waals surface area (Å²) >= 11 is 7.79. The average molecular weight is 399 g/mol. The van der Waals surface area contributed by atoms with Gasteiger partial charge in [-0.25, -0.2) is 0 Å². The molecule has 4 nitrogen and oxygen atoms in total. The van der Waals surface area contributed by atoms with Crippen LogP contribution in [-0.4, -0.2) is 17.6 Å². The van der Waals surface area contributed by atoms with Gasteiger partial charge in [-0.3, -0.25) is 9.59 Å². The fourth-order valence-corrected chi connectivity index (χ4v) is 4.04. The zero-order chi connectivity index (χ0) is 19.4. The Morgan fingerprint density at radius 3 is 2.48 bits per heavy atom. The largest absolute Gasteiger partial charge is 0.326 e. The third-order valence-electron chi connectivity index (χ3n) is 4.00. The molecule has 6 heteroatoms. The molecule has 2 N–H and O–H groups in total. The minimum atomic E-state index is -0.125. The van der Waals surface area contributed by atoms with Crippen molar-refractivity contribution in [2.45, 2.75) is 18.7 Å². The third-order valence-corrected chi connectivity index (χ3v) is 5.37. The van der Waals surface area contributed by atoms with Gasteiger partial charge in [-0.2, -0.15) is 0 Å². The Hall–Kier alpha value is -2.50. The van der Waals surface area contributed by atoms with Crippen LogP contribution >= 0.6 is 23.4 Å². The van der Waals surface area contributed by atoms with Gasteiger partial charge in [0, 0.05) is 33.6 Å². The number of hydrogen-bond acceptors (Lipinski definition) is 3. The van der Waals surface area contributed by atoms with Crippen molar-refractivity contribution in [1.82, 2.24) is 0 Å². The van der Waals surface area contributed by atoms with E-state index in [1.807, 2.05) is 49.4 Å². The Balaban J connectivity index is 1.67. The van der Waals surface area contributed by atoms with Crippen molar-refractivity contribution in [3.05, 3.63) is 65.2 Å². The molecule has 0 heterocycles. The van der Waals surface area contributed by atoms with Crippen molar-refractivity contribution in [3.63, 3.8) is 0 Å². The van der Waals surface area contributed by atoms with E-state index in [2.05, 4.69) is 10.6 Å². The number of aryl methyl sites for hydroxylation is 1.